The van der Waals surface area contributed by atoms with Crippen molar-refractivity contribution >= 4 is 15.9 Å². The van der Waals surface area contributed by atoms with Crippen molar-refractivity contribution in [2.24, 2.45) is 11.8 Å². The van der Waals surface area contributed by atoms with Crippen LogP contribution in [-0.4, -0.2) is 6.54 Å². The Kier molecular flexibility index (Phi) is 6.03. The Bertz CT molecular complexity index is 407. The maximum absolute atomic E-state index is 14.3. The predicted molar refractivity (Wildman–Crippen MR) is 86.3 cm³/mol. The van der Waals surface area contributed by atoms with E-state index >= 15 is 0 Å². The molecule has 0 spiro atoms. The fraction of sp³-hybridized carbons (Fsp3) is 0.647. The second-order valence-corrected chi connectivity index (χ2v) is 6.71. The third-order valence-electron chi connectivity index (χ3n) is 4.67. The average Bonchev–Trinajstić information content (AvgIpc) is 2.46. The first-order valence-corrected chi connectivity index (χ1v) is 8.63. The van der Waals surface area contributed by atoms with Gasteiger partial charge in [0.05, 0.1) is 0 Å². The summed E-state index contributed by atoms with van der Waals surface area (Å²) in [6, 6.07) is 5.41. The lowest BCUT2D eigenvalue weighted by Gasteiger charge is -2.35. The van der Waals surface area contributed by atoms with E-state index in [1.54, 1.807) is 12.1 Å². The van der Waals surface area contributed by atoms with Crippen LogP contribution in [0.25, 0.3) is 0 Å². The monoisotopic (exact) mass is 341 g/mol. The van der Waals surface area contributed by atoms with Crippen LogP contribution in [0.3, 0.4) is 0 Å². The molecule has 20 heavy (non-hydrogen) atoms. The molecular formula is C17H25BrFN. The molecule has 1 aliphatic rings. The SMILES string of the molecule is CCNC(c1c(F)cccc1Br)C1CCC(CC)CC1. The predicted octanol–water partition coefficient (Wildman–Crippen LogP) is 5.46. The summed E-state index contributed by atoms with van der Waals surface area (Å²) in [6.07, 6.45) is 6.26. The number of halogens is 2. The summed E-state index contributed by atoms with van der Waals surface area (Å²) in [5, 5.41) is 3.51. The highest BCUT2D eigenvalue weighted by molar-refractivity contribution is 9.10. The van der Waals surface area contributed by atoms with Gasteiger partial charge in [0.2, 0.25) is 0 Å². The molecule has 1 nitrogen and oxygen atoms in total. The Labute approximate surface area is 130 Å². The molecule has 0 aliphatic heterocycles. The summed E-state index contributed by atoms with van der Waals surface area (Å²) >= 11 is 3.53. The molecule has 0 radical (unpaired) electrons. The van der Waals surface area contributed by atoms with Gasteiger partial charge in [-0.1, -0.05) is 55.1 Å². The molecule has 1 aliphatic carbocycles. The summed E-state index contributed by atoms with van der Waals surface area (Å²) in [4.78, 5) is 0. The molecule has 1 N–H and O–H groups in total. The molecule has 1 aromatic carbocycles. The Balaban J connectivity index is 2.19. The van der Waals surface area contributed by atoms with Gasteiger partial charge in [0.1, 0.15) is 5.82 Å². The average molecular weight is 342 g/mol. The van der Waals surface area contributed by atoms with Crippen LogP contribution in [0.5, 0.6) is 0 Å². The Morgan fingerprint density at radius 1 is 1.25 bits per heavy atom. The number of hydrogen-bond donors (Lipinski definition) is 1. The maximum atomic E-state index is 14.3. The van der Waals surface area contributed by atoms with Crippen molar-refractivity contribution in [2.75, 3.05) is 6.54 Å². The third-order valence-corrected chi connectivity index (χ3v) is 5.37. The smallest absolute Gasteiger partial charge is 0.129 e. The van der Waals surface area contributed by atoms with Crippen molar-refractivity contribution < 1.29 is 4.39 Å². The van der Waals surface area contributed by atoms with Crippen molar-refractivity contribution in [1.82, 2.24) is 5.32 Å². The minimum absolute atomic E-state index is 0.0945. The molecule has 0 heterocycles. The Morgan fingerprint density at radius 2 is 1.95 bits per heavy atom. The van der Waals surface area contributed by atoms with Gasteiger partial charge >= 0.3 is 0 Å². The first-order valence-electron chi connectivity index (χ1n) is 7.84. The van der Waals surface area contributed by atoms with Gasteiger partial charge < -0.3 is 5.32 Å². The van der Waals surface area contributed by atoms with Gasteiger partial charge in [0.15, 0.2) is 0 Å². The molecule has 1 aromatic rings. The third kappa shape index (κ3) is 3.62. The van der Waals surface area contributed by atoms with E-state index in [1.165, 1.54) is 32.1 Å². The second-order valence-electron chi connectivity index (χ2n) is 5.86. The van der Waals surface area contributed by atoms with Gasteiger partial charge in [-0.05, 0) is 43.4 Å². The van der Waals surface area contributed by atoms with E-state index in [-0.39, 0.29) is 11.9 Å². The zero-order valence-corrected chi connectivity index (χ0v) is 14.0. The quantitative estimate of drug-likeness (QED) is 0.750. The molecule has 2 rings (SSSR count). The maximum Gasteiger partial charge on any atom is 0.129 e. The van der Waals surface area contributed by atoms with E-state index in [2.05, 4.69) is 35.1 Å². The standard InChI is InChI=1S/C17H25BrFN/c1-3-12-8-10-13(11-9-12)17(20-4-2)16-14(18)6-5-7-15(16)19/h5-7,12-13,17,20H,3-4,8-11H2,1-2H3. The van der Waals surface area contributed by atoms with Crippen LogP contribution in [0.4, 0.5) is 4.39 Å². The van der Waals surface area contributed by atoms with Crippen molar-refractivity contribution in [1.29, 1.82) is 0 Å². The normalized spacial score (nSPS) is 24.6. The topological polar surface area (TPSA) is 12.0 Å². The second kappa shape index (κ2) is 7.56. The number of hydrogen-bond acceptors (Lipinski definition) is 1. The van der Waals surface area contributed by atoms with E-state index < -0.39 is 0 Å². The molecule has 1 saturated carbocycles. The zero-order chi connectivity index (χ0) is 14.5. The summed E-state index contributed by atoms with van der Waals surface area (Å²) in [5.41, 5.74) is 0.814. The summed E-state index contributed by atoms with van der Waals surface area (Å²) in [7, 11) is 0. The van der Waals surface area contributed by atoms with Crippen molar-refractivity contribution in [3.05, 3.63) is 34.1 Å². The van der Waals surface area contributed by atoms with Crippen LogP contribution in [-0.2, 0) is 0 Å². The minimum Gasteiger partial charge on any atom is -0.310 e. The number of rotatable bonds is 5. The van der Waals surface area contributed by atoms with Crippen LogP contribution in [0.2, 0.25) is 0 Å². The molecule has 0 aromatic heterocycles. The van der Waals surface area contributed by atoms with E-state index in [9.17, 15) is 4.39 Å². The van der Waals surface area contributed by atoms with Gasteiger partial charge in [-0.2, -0.15) is 0 Å². The van der Waals surface area contributed by atoms with Crippen LogP contribution in [0.15, 0.2) is 22.7 Å². The molecule has 1 fully saturated rings. The fourth-order valence-electron chi connectivity index (χ4n) is 3.46. The van der Waals surface area contributed by atoms with Gasteiger partial charge in [-0.15, -0.1) is 0 Å². The van der Waals surface area contributed by atoms with Crippen LogP contribution in [0.1, 0.15) is 57.6 Å². The van der Waals surface area contributed by atoms with Crippen LogP contribution < -0.4 is 5.32 Å². The molecule has 1 atom stereocenters. The number of benzene rings is 1. The van der Waals surface area contributed by atoms with Gasteiger partial charge in [-0.3, -0.25) is 0 Å². The Morgan fingerprint density at radius 3 is 2.50 bits per heavy atom. The molecule has 0 saturated heterocycles. The molecular weight excluding hydrogens is 317 g/mol. The van der Waals surface area contributed by atoms with Crippen LogP contribution >= 0.6 is 15.9 Å². The first-order chi connectivity index (χ1) is 9.67. The first kappa shape index (κ1) is 16.0. The minimum atomic E-state index is -0.0945. The molecule has 1 unspecified atom stereocenters. The highest BCUT2D eigenvalue weighted by atomic mass is 79.9. The molecule has 112 valence electrons. The van der Waals surface area contributed by atoms with Crippen molar-refractivity contribution in [3.8, 4) is 0 Å². The van der Waals surface area contributed by atoms with Crippen LogP contribution in [0, 0.1) is 17.7 Å². The lowest BCUT2D eigenvalue weighted by molar-refractivity contribution is 0.217. The van der Waals surface area contributed by atoms with Gasteiger partial charge in [-0.25, -0.2) is 4.39 Å². The van der Waals surface area contributed by atoms with E-state index in [0.717, 1.165) is 22.5 Å². The lowest BCUT2D eigenvalue weighted by Crippen LogP contribution is -2.32. The highest BCUT2D eigenvalue weighted by Gasteiger charge is 2.30. The summed E-state index contributed by atoms with van der Waals surface area (Å²) < 4.78 is 15.1. The van der Waals surface area contributed by atoms with Crippen molar-refractivity contribution in [3.63, 3.8) is 0 Å². The van der Waals surface area contributed by atoms with E-state index in [4.69, 9.17) is 0 Å². The molecule has 3 heteroatoms. The lowest BCUT2D eigenvalue weighted by atomic mass is 9.76. The number of nitrogens with one attached hydrogen (secondary N) is 1. The van der Waals surface area contributed by atoms with E-state index in [1.807, 2.05) is 6.07 Å². The van der Waals surface area contributed by atoms with Gasteiger partial charge in [0.25, 0.3) is 0 Å². The molecule has 0 amide bonds. The highest BCUT2D eigenvalue weighted by Crippen LogP contribution is 2.40. The Hall–Kier alpha value is -0.410. The van der Waals surface area contributed by atoms with Crippen molar-refractivity contribution in [2.45, 2.75) is 52.0 Å². The van der Waals surface area contributed by atoms with Gasteiger partial charge in [0, 0.05) is 16.1 Å². The molecule has 0 bridgehead atoms. The zero-order valence-electron chi connectivity index (χ0n) is 12.5. The fourth-order valence-corrected chi connectivity index (χ4v) is 4.05. The summed E-state index contributed by atoms with van der Waals surface area (Å²) in [5.74, 6) is 1.33. The summed E-state index contributed by atoms with van der Waals surface area (Å²) in [6.45, 7) is 5.25. The van der Waals surface area contributed by atoms with E-state index in [0.29, 0.717) is 5.92 Å². The largest absolute Gasteiger partial charge is 0.310 e.